The van der Waals surface area contributed by atoms with E-state index in [1.807, 2.05) is 30.3 Å². The van der Waals surface area contributed by atoms with Crippen molar-refractivity contribution in [3.63, 3.8) is 0 Å². The maximum Gasteiger partial charge on any atom is 0.219 e. The number of thiazole rings is 1. The first-order chi connectivity index (χ1) is 20.7. The molecule has 6 heteroatoms. The van der Waals surface area contributed by atoms with Crippen LogP contribution in [0.25, 0.3) is 60.5 Å². The second kappa shape index (κ2) is 11.2. The number of rotatable bonds is 6. The fourth-order valence-electron chi connectivity index (χ4n) is 5.08. The van der Waals surface area contributed by atoms with Gasteiger partial charge >= 0.3 is 0 Å². The smallest absolute Gasteiger partial charge is 0.219 e. The monoisotopic (exact) mass is 560 g/mol. The van der Waals surface area contributed by atoms with Crippen LogP contribution in [0.5, 0.6) is 5.88 Å². The summed E-state index contributed by atoms with van der Waals surface area (Å²) in [5.74, 6) is -0.261. The van der Waals surface area contributed by atoms with Gasteiger partial charge in [-0.15, -0.1) is 11.3 Å². The van der Waals surface area contributed by atoms with Crippen molar-refractivity contribution in [1.29, 1.82) is 0 Å². The Hall–Kier alpha value is -5.46. The Bertz CT molecular complexity index is 1900. The lowest BCUT2D eigenvalue weighted by molar-refractivity contribution is -0.572. The summed E-state index contributed by atoms with van der Waals surface area (Å²) in [5, 5.41) is 13.4. The van der Waals surface area contributed by atoms with Crippen molar-refractivity contribution >= 4 is 11.3 Å². The van der Waals surface area contributed by atoms with E-state index < -0.39 is 0 Å². The molecule has 0 saturated heterocycles. The Morgan fingerprint density at radius 1 is 0.571 bits per heavy atom. The summed E-state index contributed by atoms with van der Waals surface area (Å²) in [5.41, 5.74) is 9.04. The average Bonchev–Trinajstić information content (AvgIpc) is 3.47. The van der Waals surface area contributed by atoms with Crippen LogP contribution in [0.4, 0.5) is 0 Å². The zero-order chi connectivity index (χ0) is 28.3. The van der Waals surface area contributed by atoms with Gasteiger partial charge in [0.15, 0.2) is 0 Å². The lowest BCUT2D eigenvalue weighted by atomic mass is 9.98. The Kier molecular flexibility index (Phi) is 6.80. The van der Waals surface area contributed by atoms with Crippen LogP contribution in [0, 0.1) is 0 Å². The Labute approximate surface area is 247 Å². The van der Waals surface area contributed by atoms with Crippen LogP contribution >= 0.6 is 11.3 Å². The molecule has 0 aliphatic carbocycles. The maximum atomic E-state index is 12.9. The van der Waals surface area contributed by atoms with Crippen molar-refractivity contribution in [2.24, 2.45) is 0 Å². The van der Waals surface area contributed by atoms with Crippen molar-refractivity contribution in [2.75, 3.05) is 0 Å². The van der Waals surface area contributed by atoms with E-state index in [1.165, 1.54) is 11.3 Å². The van der Waals surface area contributed by atoms with Crippen LogP contribution in [-0.4, -0.2) is 15.0 Å². The zero-order valence-corrected chi connectivity index (χ0v) is 23.3. The number of pyridine rings is 1. The van der Waals surface area contributed by atoms with E-state index in [2.05, 4.69) is 117 Å². The topological polar surface area (TPSA) is 65.6 Å². The molecular weight excluding hydrogens is 536 g/mol. The molecule has 3 aromatic heterocycles. The molecule has 0 aliphatic rings. The standard InChI is InChI=1S/C36H24N4OS/c41-35-34(42-36(39-35)31-24-37-20-21-38-31)28-16-18-30(19-17-28)40-32(26-12-6-2-7-13-26)22-29(25-10-4-1-5-11-25)23-33(40)27-14-8-3-9-15-27/h1-24H. The van der Waals surface area contributed by atoms with Crippen LogP contribution in [0.15, 0.2) is 146 Å². The van der Waals surface area contributed by atoms with E-state index in [1.54, 1.807) is 18.6 Å². The minimum Gasteiger partial charge on any atom is -0.858 e. The Morgan fingerprint density at radius 2 is 1.14 bits per heavy atom. The van der Waals surface area contributed by atoms with Crippen molar-refractivity contribution in [1.82, 2.24) is 15.0 Å². The third-order valence-corrected chi connectivity index (χ3v) is 8.19. The minimum atomic E-state index is -0.261. The molecule has 0 radical (unpaired) electrons. The lowest BCUT2D eigenvalue weighted by Crippen LogP contribution is -2.36. The summed E-state index contributed by atoms with van der Waals surface area (Å²) < 4.78 is 2.29. The van der Waals surface area contributed by atoms with Crippen molar-refractivity contribution < 1.29 is 9.67 Å². The molecule has 7 aromatic rings. The lowest BCUT2D eigenvalue weighted by Gasteiger charge is -2.13. The Balaban J connectivity index is 1.40. The van der Waals surface area contributed by atoms with Gasteiger partial charge in [-0.05, 0) is 53.1 Å². The average molecular weight is 561 g/mol. The van der Waals surface area contributed by atoms with Crippen molar-refractivity contribution in [3.8, 4) is 66.4 Å². The van der Waals surface area contributed by atoms with Gasteiger partial charge in [-0.25, -0.2) is 0 Å². The first-order valence-electron chi connectivity index (χ1n) is 13.6. The predicted molar refractivity (Wildman–Crippen MR) is 166 cm³/mol. The summed E-state index contributed by atoms with van der Waals surface area (Å²) >= 11 is 1.33. The highest BCUT2D eigenvalue weighted by Gasteiger charge is 2.25. The molecule has 0 unspecified atom stereocenters. The second-order valence-corrected chi connectivity index (χ2v) is 10.7. The molecule has 0 saturated carbocycles. The van der Waals surface area contributed by atoms with Gasteiger partial charge in [-0.3, -0.25) is 15.0 Å². The SMILES string of the molecule is [O-]c1nc(-c2cnccn2)sc1-c1ccc(-[n+]2c(-c3ccccc3)cc(-c3ccccc3)cc2-c2ccccc2)cc1. The second-order valence-electron chi connectivity index (χ2n) is 9.74. The molecule has 7 rings (SSSR count). The molecule has 4 aromatic carbocycles. The summed E-state index contributed by atoms with van der Waals surface area (Å²) in [7, 11) is 0. The first kappa shape index (κ1) is 25.5. The molecule has 5 nitrogen and oxygen atoms in total. The summed E-state index contributed by atoms with van der Waals surface area (Å²) in [6.45, 7) is 0. The largest absolute Gasteiger partial charge is 0.858 e. The van der Waals surface area contributed by atoms with E-state index in [-0.39, 0.29) is 5.88 Å². The maximum absolute atomic E-state index is 12.9. The fourth-order valence-corrected chi connectivity index (χ4v) is 6.00. The van der Waals surface area contributed by atoms with Crippen molar-refractivity contribution in [3.05, 3.63) is 146 Å². The highest BCUT2D eigenvalue weighted by Crippen LogP contribution is 2.37. The van der Waals surface area contributed by atoms with Crippen LogP contribution in [0.3, 0.4) is 0 Å². The molecule has 0 atom stereocenters. The van der Waals surface area contributed by atoms with Gasteiger partial charge in [0.05, 0.1) is 6.20 Å². The number of benzene rings is 4. The van der Waals surface area contributed by atoms with E-state index >= 15 is 0 Å². The van der Waals surface area contributed by atoms with Gasteiger partial charge in [0.1, 0.15) is 10.7 Å². The third-order valence-electron chi connectivity index (χ3n) is 7.08. The predicted octanol–water partition coefficient (Wildman–Crippen LogP) is 7.62. The Morgan fingerprint density at radius 3 is 1.69 bits per heavy atom. The highest BCUT2D eigenvalue weighted by molar-refractivity contribution is 7.18. The number of nitrogens with zero attached hydrogens (tertiary/aromatic N) is 4. The van der Waals surface area contributed by atoms with Gasteiger partial charge in [0.2, 0.25) is 17.1 Å². The summed E-state index contributed by atoms with van der Waals surface area (Å²) in [6, 6.07) is 43.9. The van der Waals surface area contributed by atoms with E-state index in [4.69, 9.17) is 0 Å². The molecule has 0 spiro atoms. The van der Waals surface area contributed by atoms with Crippen LogP contribution < -0.4 is 9.67 Å². The molecule has 3 heterocycles. The van der Waals surface area contributed by atoms with Crippen LogP contribution in [0.2, 0.25) is 0 Å². The van der Waals surface area contributed by atoms with E-state index in [0.717, 1.165) is 44.9 Å². The van der Waals surface area contributed by atoms with E-state index in [0.29, 0.717) is 15.6 Å². The number of hydrogen-bond acceptors (Lipinski definition) is 5. The normalized spacial score (nSPS) is 11.0. The quantitative estimate of drug-likeness (QED) is 0.196. The van der Waals surface area contributed by atoms with Crippen LogP contribution in [0.1, 0.15) is 0 Å². The van der Waals surface area contributed by atoms with Gasteiger partial charge in [-0.1, -0.05) is 66.7 Å². The molecule has 0 N–H and O–H groups in total. The number of hydrogen-bond donors (Lipinski definition) is 0. The minimum absolute atomic E-state index is 0.261. The molecule has 0 amide bonds. The molecule has 42 heavy (non-hydrogen) atoms. The number of aromatic nitrogens is 4. The van der Waals surface area contributed by atoms with Crippen LogP contribution in [-0.2, 0) is 0 Å². The van der Waals surface area contributed by atoms with E-state index in [9.17, 15) is 5.11 Å². The van der Waals surface area contributed by atoms with Crippen molar-refractivity contribution in [2.45, 2.75) is 0 Å². The first-order valence-corrected chi connectivity index (χ1v) is 14.4. The summed E-state index contributed by atoms with van der Waals surface area (Å²) in [6.07, 6.45) is 4.83. The zero-order valence-electron chi connectivity index (χ0n) is 22.5. The van der Waals surface area contributed by atoms with Gasteiger partial charge in [0.25, 0.3) is 0 Å². The molecular formula is C36H24N4OS. The summed E-state index contributed by atoms with van der Waals surface area (Å²) in [4.78, 5) is 13.2. The fraction of sp³-hybridized carbons (Fsp3) is 0. The highest BCUT2D eigenvalue weighted by atomic mass is 32.1. The molecule has 0 bridgehead atoms. The van der Waals surface area contributed by atoms with Gasteiger partial charge < -0.3 is 5.11 Å². The molecule has 0 fully saturated rings. The molecule has 0 aliphatic heterocycles. The van der Waals surface area contributed by atoms with Gasteiger partial charge in [-0.2, -0.15) is 4.57 Å². The molecule has 200 valence electrons. The third kappa shape index (κ3) is 4.96. The van der Waals surface area contributed by atoms with Gasteiger partial charge in [0, 0.05) is 58.5 Å².